The highest BCUT2D eigenvalue weighted by atomic mass is 16.5. The second kappa shape index (κ2) is 8.02. The molecule has 6 nitrogen and oxygen atoms in total. The predicted molar refractivity (Wildman–Crippen MR) is 109 cm³/mol. The Bertz CT molecular complexity index is 960. The number of hydrogen-bond donors (Lipinski definition) is 1. The summed E-state index contributed by atoms with van der Waals surface area (Å²) in [6.07, 6.45) is 0.838. The Kier molecular flexibility index (Phi) is 5.30. The van der Waals surface area contributed by atoms with Crippen molar-refractivity contribution in [1.82, 2.24) is 9.78 Å². The van der Waals surface area contributed by atoms with Crippen molar-refractivity contribution in [2.24, 2.45) is 5.92 Å². The molecule has 2 heterocycles. The monoisotopic (exact) mass is 379 g/mol. The number of amides is 1. The zero-order chi connectivity index (χ0) is 19.5. The molecule has 1 aliphatic rings. The summed E-state index contributed by atoms with van der Waals surface area (Å²) in [5, 5.41) is 8.61. The van der Waals surface area contributed by atoms with Crippen LogP contribution in [0.1, 0.15) is 25.8 Å². The van der Waals surface area contributed by atoms with Gasteiger partial charge in [-0.2, -0.15) is 5.10 Å². The molecule has 0 spiro atoms. The topological polar surface area (TPSA) is 65.4 Å². The first-order valence-electron chi connectivity index (χ1n) is 9.70. The molecule has 4 rings (SSSR count). The first kappa shape index (κ1) is 18.5. The number of nitrogens with zero attached hydrogens (tertiary/aromatic N) is 2. The number of nitrogens with one attached hydrogen (secondary N) is 1. The lowest BCUT2D eigenvalue weighted by atomic mass is 10.1. The third-order valence-electron chi connectivity index (χ3n) is 4.81. The molecular formula is C22H25N3O3. The molecule has 1 aliphatic heterocycles. The number of benzene rings is 2. The molecule has 1 aromatic heterocycles. The van der Waals surface area contributed by atoms with Gasteiger partial charge in [-0.15, -0.1) is 0 Å². The average molecular weight is 379 g/mol. The van der Waals surface area contributed by atoms with Crippen molar-refractivity contribution in [3.63, 3.8) is 0 Å². The van der Waals surface area contributed by atoms with Crippen molar-refractivity contribution >= 4 is 22.6 Å². The van der Waals surface area contributed by atoms with E-state index in [1.807, 2.05) is 54.9 Å². The lowest BCUT2D eigenvalue weighted by molar-refractivity contribution is -0.119. The maximum atomic E-state index is 12.6. The van der Waals surface area contributed by atoms with Crippen molar-refractivity contribution in [2.45, 2.75) is 32.9 Å². The van der Waals surface area contributed by atoms with E-state index < -0.39 is 0 Å². The normalized spacial score (nSPS) is 16.6. The van der Waals surface area contributed by atoms with Crippen molar-refractivity contribution in [3.05, 3.63) is 54.1 Å². The molecule has 146 valence electrons. The highest BCUT2D eigenvalue weighted by Crippen LogP contribution is 2.29. The van der Waals surface area contributed by atoms with Gasteiger partial charge in [0.2, 0.25) is 5.91 Å². The van der Waals surface area contributed by atoms with E-state index in [4.69, 9.17) is 14.6 Å². The highest BCUT2D eigenvalue weighted by molar-refractivity contribution is 6.01. The van der Waals surface area contributed by atoms with Crippen LogP contribution in [-0.4, -0.2) is 35.0 Å². The Morgan fingerprint density at radius 2 is 2.11 bits per heavy atom. The van der Waals surface area contributed by atoms with Gasteiger partial charge < -0.3 is 14.8 Å². The molecule has 2 aromatic carbocycles. The summed E-state index contributed by atoms with van der Waals surface area (Å²) in [5.74, 6) is 1.22. The van der Waals surface area contributed by atoms with E-state index in [0.717, 1.165) is 28.6 Å². The third kappa shape index (κ3) is 4.02. The Hall–Kier alpha value is -2.86. The van der Waals surface area contributed by atoms with Crippen LogP contribution < -0.4 is 10.1 Å². The number of fused-ring (bicyclic) bond motifs is 1. The van der Waals surface area contributed by atoms with E-state index in [1.165, 1.54) is 0 Å². The maximum Gasteiger partial charge on any atom is 0.231 e. The molecular weight excluding hydrogens is 354 g/mol. The van der Waals surface area contributed by atoms with Gasteiger partial charge in [0.05, 0.1) is 30.7 Å². The molecule has 0 unspecified atom stereocenters. The first-order chi connectivity index (χ1) is 13.6. The third-order valence-corrected chi connectivity index (χ3v) is 4.81. The largest absolute Gasteiger partial charge is 0.491 e. The minimum absolute atomic E-state index is 0.0359. The van der Waals surface area contributed by atoms with Gasteiger partial charge in [-0.25, -0.2) is 0 Å². The van der Waals surface area contributed by atoms with Crippen molar-refractivity contribution in [1.29, 1.82) is 0 Å². The molecule has 0 bridgehead atoms. The SMILES string of the molecule is CC(C)Oc1ccc2c(NC(=O)[C@H]3CCOC3)nn(Cc3ccccc3)c2c1. The number of hydrogen-bond acceptors (Lipinski definition) is 4. The van der Waals surface area contributed by atoms with E-state index in [1.54, 1.807) is 0 Å². The molecule has 6 heteroatoms. The molecule has 1 saturated heterocycles. The number of carbonyl (C=O) groups excluding carboxylic acids is 1. The maximum absolute atomic E-state index is 12.6. The van der Waals surface area contributed by atoms with Gasteiger partial charge in [-0.1, -0.05) is 30.3 Å². The van der Waals surface area contributed by atoms with Gasteiger partial charge >= 0.3 is 0 Å². The van der Waals surface area contributed by atoms with Crippen LogP contribution in [0.15, 0.2) is 48.5 Å². The fourth-order valence-electron chi connectivity index (χ4n) is 3.43. The Labute approximate surface area is 164 Å². The molecule has 1 fully saturated rings. The summed E-state index contributed by atoms with van der Waals surface area (Å²) in [7, 11) is 0. The molecule has 0 radical (unpaired) electrons. The lowest BCUT2D eigenvalue weighted by Gasteiger charge is -2.10. The predicted octanol–water partition coefficient (Wildman–Crippen LogP) is 3.85. The van der Waals surface area contributed by atoms with Crippen LogP contribution in [-0.2, 0) is 16.1 Å². The van der Waals surface area contributed by atoms with Gasteiger partial charge in [0.1, 0.15) is 5.75 Å². The van der Waals surface area contributed by atoms with Crippen LogP contribution in [0.5, 0.6) is 5.75 Å². The number of anilines is 1. The Morgan fingerprint density at radius 1 is 1.29 bits per heavy atom. The lowest BCUT2D eigenvalue weighted by Crippen LogP contribution is -2.23. The van der Waals surface area contributed by atoms with Gasteiger partial charge in [0.25, 0.3) is 0 Å². The number of rotatable bonds is 6. The van der Waals surface area contributed by atoms with Crippen LogP contribution in [0.2, 0.25) is 0 Å². The van der Waals surface area contributed by atoms with Crippen LogP contribution >= 0.6 is 0 Å². The van der Waals surface area contributed by atoms with Crippen molar-refractivity contribution in [2.75, 3.05) is 18.5 Å². The average Bonchev–Trinajstić information content (AvgIpc) is 3.31. The quantitative estimate of drug-likeness (QED) is 0.707. The number of aromatic nitrogens is 2. The van der Waals surface area contributed by atoms with Gasteiger partial charge in [-0.05, 0) is 38.0 Å². The summed E-state index contributed by atoms with van der Waals surface area (Å²) in [6, 6.07) is 16.0. The Morgan fingerprint density at radius 3 is 2.82 bits per heavy atom. The summed E-state index contributed by atoms with van der Waals surface area (Å²) < 4.78 is 13.1. The second-order valence-electron chi connectivity index (χ2n) is 7.39. The van der Waals surface area contributed by atoms with Gasteiger partial charge in [0.15, 0.2) is 5.82 Å². The smallest absolute Gasteiger partial charge is 0.231 e. The number of carbonyl (C=O) groups is 1. The van der Waals surface area contributed by atoms with E-state index in [2.05, 4.69) is 17.4 Å². The molecule has 1 N–H and O–H groups in total. The Balaban J connectivity index is 1.69. The summed E-state index contributed by atoms with van der Waals surface area (Å²) in [6.45, 7) is 5.73. The van der Waals surface area contributed by atoms with Crippen LogP contribution in [0.4, 0.5) is 5.82 Å². The van der Waals surface area contributed by atoms with E-state index in [-0.39, 0.29) is 17.9 Å². The van der Waals surface area contributed by atoms with Crippen molar-refractivity contribution in [3.8, 4) is 5.75 Å². The number of ether oxygens (including phenoxy) is 2. The van der Waals surface area contributed by atoms with E-state index in [0.29, 0.717) is 25.6 Å². The first-order valence-corrected chi connectivity index (χ1v) is 9.70. The zero-order valence-electron chi connectivity index (χ0n) is 16.2. The summed E-state index contributed by atoms with van der Waals surface area (Å²) in [4.78, 5) is 12.6. The van der Waals surface area contributed by atoms with Crippen molar-refractivity contribution < 1.29 is 14.3 Å². The standard InChI is InChI=1S/C22H25N3O3/c1-15(2)28-18-8-9-19-20(12-18)25(13-16-6-4-3-5-7-16)24-21(19)23-22(26)17-10-11-27-14-17/h3-9,12,15,17H,10-11,13-14H2,1-2H3,(H,23,24,26)/t17-/m0/s1. The van der Waals surface area contributed by atoms with Gasteiger partial charge in [-0.3, -0.25) is 9.48 Å². The molecule has 3 aromatic rings. The molecule has 28 heavy (non-hydrogen) atoms. The second-order valence-corrected chi connectivity index (χ2v) is 7.39. The van der Waals surface area contributed by atoms with E-state index >= 15 is 0 Å². The minimum Gasteiger partial charge on any atom is -0.491 e. The van der Waals surface area contributed by atoms with Crippen LogP contribution in [0, 0.1) is 5.92 Å². The highest BCUT2D eigenvalue weighted by Gasteiger charge is 2.25. The molecule has 1 atom stereocenters. The minimum atomic E-state index is -0.113. The fraction of sp³-hybridized carbons (Fsp3) is 0.364. The fourth-order valence-corrected chi connectivity index (χ4v) is 3.43. The molecule has 1 amide bonds. The van der Waals surface area contributed by atoms with Crippen LogP contribution in [0.3, 0.4) is 0 Å². The van der Waals surface area contributed by atoms with E-state index in [9.17, 15) is 4.79 Å². The van der Waals surface area contributed by atoms with Crippen LogP contribution in [0.25, 0.3) is 10.9 Å². The summed E-state index contributed by atoms with van der Waals surface area (Å²) in [5.41, 5.74) is 2.07. The zero-order valence-corrected chi connectivity index (χ0v) is 16.2. The summed E-state index contributed by atoms with van der Waals surface area (Å²) >= 11 is 0. The molecule has 0 saturated carbocycles. The molecule has 0 aliphatic carbocycles. The van der Waals surface area contributed by atoms with Gasteiger partial charge in [0, 0.05) is 18.1 Å².